The van der Waals surface area contributed by atoms with E-state index in [1.807, 2.05) is 0 Å². The Bertz CT molecular complexity index is 1690. The Balaban J connectivity index is 5.24. The molecule has 19 heteroatoms. The van der Waals surface area contributed by atoms with Crippen LogP contribution in [-0.2, 0) is 65.4 Å². The number of hydrogen-bond acceptors (Lipinski definition) is 15. The molecule has 0 aromatic rings. The van der Waals surface area contributed by atoms with Crippen LogP contribution in [0.25, 0.3) is 0 Å². The van der Waals surface area contributed by atoms with Crippen LogP contribution in [0.15, 0.2) is 0 Å². The van der Waals surface area contributed by atoms with Crippen molar-refractivity contribution in [2.45, 2.75) is 368 Å². The van der Waals surface area contributed by atoms with Crippen LogP contribution in [0.1, 0.15) is 349 Å². The molecule has 0 heterocycles. The summed E-state index contributed by atoms with van der Waals surface area (Å²) >= 11 is 0. The van der Waals surface area contributed by atoms with E-state index in [1.54, 1.807) is 0 Å². The highest BCUT2D eigenvalue weighted by Crippen LogP contribution is 2.45. The van der Waals surface area contributed by atoms with Crippen LogP contribution in [0.4, 0.5) is 0 Å². The summed E-state index contributed by atoms with van der Waals surface area (Å²) in [5.74, 6) is -1.41. The molecule has 0 radical (unpaired) electrons. The lowest BCUT2D eigenvalue weighted by molar-refractivity contribution is -0.161. The number of hydrogen-bond donors (Lipinski definition) is 3. The molecule has 0 aromatic heterocycles. The molecule has 0 saturated heterocycles. The van der Waals surface area contributed by atoms with Crippen molar-refractivity contribution < 1.29 is 80.2 Å². The Morgan fingerprint density at radius 1 is 0.310 bits per heavy atom. The molecule has 2 unspecified atom stereocenters. The van der Waals surface area contributed by atoms with Crippen molar-refractivity contribution in [3.05, 3.63) is 0 Å². The highest BCUT2D eigenvalue weighted by atomic mass is 31.2. The summed E-state index contributed by atoms with van der Waals surface area (Å²) in [6, 6.07) is 0. The van der Waals surface area contributed by atoms with Crippen LogP contribution >= 0.6 is 15.6 Å². The van der Waals surface area contributed by atoms with Crippen molar-refractivity contribution in [1.29, 1.82) is 0 Å². The second kappa shape index (κ2) is 61.6. The van der Waals surface area contributed by atoms with Gasteiger partial charge in [0.1, 0.15) is 19.3 Å². The lowest BCUT2D eigenvalue weighted by Crippen LogP contribution is -2.30. The van der Waals surface area contributed by atoms with Crippen LogP contribution in [0.5, 0.6) is 0 Å². The van der Waals surface area contributed by atoms with Crippen LogP contribution < -0.4 is 0 Å². The topological polar surface area (TPSA) is 237 Å². The minimum atomic E-state index is -4.95. The fraction of sp³-hybridized carbons (Fsp3) is 0.941. The van der Waals surface area contributed by atoms with Crippen LogP contribution in [0.3, 0.4) is 0 Å². The Hall–Kier alpha value is -1.94. The highest BCUT2D eigenvalue weighted by molar-refractivity contribution is 7.47. The fourth-order valence-electron chi connectivity index (χ4n) is 10.3. The lowest BCUT2D eigenvalue weighted by Gasteiger charge is -2.21. The van der Waals surface area contributed by atoms with Gasteiger partial charge in [-0.2, -0.15) is 0 Å². The fourth-order valence-corrected chi connectivity index (χ4v) is 11.9. The summed E-state index contributed by atoms with van der Waals surface area (Å²) in [6.07, 6.45) is 47.1. The van der Waals surface area contributed by atoms with E-state index >= 15 is 0 Å². The van der Waals surface area contributed by atoms with Crippen molar-refractivity contribution in [3.8, 4) is 0 Å². The average molecular weight is 1280 g/mol. The van der Waals surface area contributed by atoms with Gasteiger partial charge in [0, 0.05) is 25.7 Å². The molecule has 87 heavy (non-hydrogen) atoms. The number of esters is 4. The SMILES string of the molecule is CCCCCCCCCCCCCCCCC(=O)O[C@H](COC(=O)CCCCCCCCCCCCCC)COP(=O)(O)OC[C@@H](O)COP(=O)(O)OC[C@@H](COC(=O)CCCCCCCCCCCC)OC(=O)CCCCCCCCCCC(C)C. The molecule has 5 atom stereocenters. The van der Waals surface area contributed by atoms with E-state index in [0.29, 0.717) is 25.7 Å². The van der Waals surface area contributed by atoms with Gasteiger partial charge in [-0.05, 0) is 31.6 Å². The standard InChI is InChI=1S/C68H132O17P2/c1-6-9-12-15-18-21-24-26-27-29-32-38-43-48-53-67(72)84-63(57-79-66(71)52-47-42-37-31-28-25-22-19-16-13-10-7-2)59-82-86(74,75)80-55-62(69)56-81-87(76,77)83-60-64(58-78-65(70)51-46-41-36-30-23-20-17-14-11-8-3)85-68(73)54-49-44-39-34-33-35-40-45-50-61(4)5/h61-64,69H,6-60H2,1-5H3,(H,74,75)(H,76,77)/t62-,63-,64-/m1/s1. The molecule has 0 bridgehead atoms. The van der Waals surface area contributed by atoms with Gasteiger partial charge in [0.25, 0.3) is 0 Å². The van der Waals surface area contributed by atoms with Gasteiger partial charge in [0.15, 0.2) is 12.2 Å². The molecule has 0 aliphatic heterocycles. The van der Waals surface area contributed by atoms with E-state index in [0.717, 1.165) is 95.8 Å². The molecule has 0 fully saturated rings. The quantitative estimate of drug-likeness (QED) is 0.0222. The molecule has 0 rings (SSSR count). The van der Waals surface area contributed by atoms with Gasteiger partial charge in [0.2, 0.25) is 0 Å². The van der Waals surface area contributed by atoms with Crippen molar-refractivity contribution in [2.75, 3.05) is 39.6 Å². The maximum atomic E-state index is 13.0. The molecule has 3 N–H and O–H groups in total. The Morgan fingerprint density at radius 3 is 0.782 bits per heavy atom. The predicted molar refractivity (Wildman–Crippen MR) is 349 cm³/mol. The summed E-state index contributed by atoms with van der Waals surface area (Å²) in [5, 5.41) is 10.6. The van der Waals surface area contributed by atoms with E-state index in [-0.39, 0.29) is 25.7 Å². The van der Waals surface area contributed by atoms with E-state index < -0.39 is 97.5 Å². The van der Waals surface area contributed by atoms with Gasteiger partial charge >= 0.3 is 39.5 Å². The van der Waals surface area contributed by atoms with E-state index in [4.69, 9.17) is 37.0 Å². The molecule has 0 aromatic carbocycles. The van der Waals surface area contributed by atoms with Crippen LogP contribution in [0, 0.1) is 5.92 Å². The number of carbonyl (C=O) groups is 4. The molecular formula is C68H132O17P2. The molecule has 516 valence electrons. The number of carbonyl (C=O) groups excluding carboxylic acids is 4. The third kappa shape index (κ3) is 62.6. The van der Waals surface area contributed by atoms with Gasteiger partial charge in [-0.15, -0.1) is 0 Å². The van der Waals surface area contributed by atoms with Crippen molar-refractivity contribution in [3.63, 3.8) is 0 Å². The first-order chi connectivity index (χ1) is 42.0. The predicted octanol–water partition coefficient (Wildman–Crippen LogP) is 19.4. The first-order valence-electron chi connectivity index (χ1n) is 35.6. The number of aliphatic hydroxyl groups excluding tert-OH is 1. The van der Waals surface area contributed by atoms with E-state index in [2.05, 4.69) is 34.6 Å². The van der Waals surface area contributed by atoms with Crippen molar-refractivity contribution in [2.24, 2.45) is 5.92 Å². The zero-order valence-corrected chi connectivity index (χ0v) is 57.9. The lowest BCUT2D eigenvalue weighted by atomic mass is 10.0. The molecule has 0 amide bonds. The van der Waals surface area contributed by atoms with Gasteiger partial charge < -0.3 is 33.8 Å². The van der Waals surface area contributed by atoms with Crippen LogP contribution in [-0.4, -0.2) is 96.7 Å². The number of phosphoric ester groups is 2. The maximum Gasteiger partial charge on any atom is 0.472 e. The smallest absolute Gasteiger partial charge is 0.462 e. The maximum absolute atomic E-state index is 13.0. The van der Waals surface area contributed by atoms with E-state index in [9.17, 15) is 43.2 Å². The van der Waals surface area contributed by atoms with Gasteiger partial charge in [-0.3, -0.25) is 37.3 Å². The summed E-state index contributed by atoms with van der Waals surface area (Å²) in [4.78, 5) is 72.4. The zero-order valence-electron chi connectivity index (χ0n) is 56.2. The molecule has 0 aliphatic carbocycles. The molecule has 0 aliphatic rings. The number of unbranched alkanes of at least 4 members (excludes halogenated alkanes) is 40. The van der Waals surface area contributed by atoms with Gasteiger partial charge in [-0.25, -0.2) is 9.13 Å². The average Bonchev–Trinajstić information content (AvgIpc) is 3.50. The van der Waals surface area contributed by atoms with Crippen molar-refractivity contribution in [1.82, 2.24) is 0 Å². The Kier molecular flexibility index (Phi) is 60.2. The Morgan fingerprint density at radius 2 is 0.529 bits per heavy atom. The van der Waals surface area contributed by atoms with Crippen molar-refractivity contribution >= 4 is 39.5 Å². The van der Waals surface area contributed by atoms with E-state index in [1.165, 1.54) is 173 Å². The molecule has 17 nitrogen and oxygen atoms in total. The second-order valence-corrected chi connectivity index (χ2v) is 27.9. The first-order valence-corrected chi connectivity index (χ1v) is 38.6. The first kappa shape index (κ1) is 85.1. The summed E-state index contributed by atoms with van der Waals surface area (Å²) in [5.41, 5.74) is 0. The Labute approximate surface area is 530 Å². The second-order valence-electron chi connectivity index (χ2n) is 25.0. The molecule has 0 spiro atoms. The van der Waals surface area contributed by atoms with Gasteiger partial charge in [0.05, 0.1) is 26.4 Å². The number of aliphatic hydroxyl groups is 1. The third-order valence-corrected chi connectivity index (χ3v) is 17.7. The van der Waals surface area contributed by atoms with Gasteiger partial charge in [-0.1, -0.05) is 298 Å². The summed E-state index contributed by atoms with van der Waals surface area (Å²) in [6.45, 7) is 7.19. The number of ether oxygens (including phenoxy) is 4. The highest BCUT2D eigenvalue weighted by Gasteiger charge is 2.30. The summed E-state index contributed by atoms with van der Waals surface area (Å²) in [7, 11) is -9.89. The molecule has 0 saturated carbocycles. The largest absolute Gasteiger partial charge is 0.472 e. The van der Waals surface area contributed by atoms with Crippen LogP contribution in [0.2, 0.25) is 0 Å². The third-order valence-electron chi connectivity index (χ3n) is 15.8. The molecular weight excluding hydrogens is 1150 g/mol. The normalized spacial score (nSPS) is 14.1. The number of rotatable bonds is 68. The minimum absolute atomic E-state index is 0.105. The number of phosphoric acid groups is 2. The summed E-state index contributed by atoms with van der Waals surface area (Å²) < 4.78 is 68.2. The zero-order chi connectivity index (χ0) is 64.2. The minimum Gasteiger partial charge on any atom is -0.462 e. The monoisotopic (exact) mass is 1280 g/mol.